The van der Waals surface area contributed by atoms with Crippen LogP contribution in [0.3, 0.4) is 0 Å². The van der Waals surface area contributed by atoms with E-state index in [1.54, 1.807) is 11.3 Å². The molecule has 0 aliphatic carbocycles. The van der Waals surface area contributed by atoms with Gasteiger partial charge < -0.3 is 0 Å². The van der Waals surface area contributed by atoms with Gasteiger partial charge in [0.1, 0.15) is 0 Å². The van der Waals surface area contributed by atoms with Gasteiger partial charge in [-0.3, -0.25) is 0 Å². The van der Waals surface area contributed by atoms with Gasteiger partial charge in [0.25, 0.3) is 0 Å². The average molecular weight is 295 g/mol. The highest BCUT2D eigenvalue weighted by Gasteiger charge is 1.99. The SMILES string of the molecule is Clc1ccc2c(I)csc2c1. The molecule has 0 saturated carbocycles. The fourth-order valence-electron chi connectivity index (χ4n) is 0.970. The van der Waals surface area contributed by atoms with Crippen molar-refractivity contribution >= 4 is 55.6 Å². The third-order valence-electron chi connectivity index (χ3n) is 1.49. The lowest BCUT2D eigenvalue weighted by atomic mass is 10.3. The summed E-state index contributed by atoms with van der Waals surface area (Å²) in [4.78, 5) is 0. The molecule has 0 nitrogen and oxygen atoms in total. The van der Waals surface area contributed by atoms with Crippen LogP contribution in [0.5, 0.6) is 0 Å². The van der Waals surface area contributed by atoms with E-state index >= 15 is 0 Å². The molecule has 0 unspecified atom stereocenters. The van der Waals surface area contributed by atoms with Crippen molar-refractivity contribution in [1.82, 2.24) is 0 Å². The molecule has 2 rings (SSSR count). The van der Waals surface area contributed by atoms with Crippen molar-refractivity contribution < 1.29 is 0 Å². The lowest BCUT2D eigenvalue weighted by Gasteiger charge is -1.90. The summed E-state index contributed by atoms with van der Waals surface area (Å²) in [5, 5.41) is 4.26. The maximum Gasteiger partial charge on any atom is 0.0420 e. The van der Waals surface area contributed by atoms with Gasteiger partial charge in [-0.25, -0.2) is 0 Å². The van der Waals surface area contributed by atoms with E-state index in [0.717, 1.165) is 5.02 Å². The Bertz CT molecular complexity index is 394. The molecule has 3 heteroatoms. The number of hydrogen-bond acceptors (Lipinski definition) is 1. The van der Waals surface area contributed by atoms with Crippen LogP contribution in [0, 0.1) is 3.57 Å². The van der Waals surface area contributed by atoms with Gasteiger partial charge in [0.2, 0.25) is 0 Å². The van der Waals surface area contributed by atoms with Gasteiger partial charge in [0, 0.05) is 24.1 Å². The number of benzene rings is 1. The monoisotopic (exact) mass is 294 g/mol. The number of thiophene rings is 1. The molecule has 0 N–H and O–H groups in total. The van der Waals surface area contributed by atoms with Crippen LogP contribution in [0.1, 0.15) is 0 Å². The Morgan fingerprint density at radius 3 is 3.00 bits per heavy atom. The first kappa shape index (κ1) is 7.83. The maximum atomic E-state index is 5.83. The molecule has 0 aliphatic rings. The molecule has 1 heterocycles. The predicted molar refractivity (Wildman–Crippen MR) is 59.6 cm³/mol. The van der Waals surface area contributed by atoms with E-state index < -0.39 is 0 Å². The summed E-state index contributed by atoms with van der Waals surface area (Å²) in [6.07, 6.45) is 0. The quantitative estimate of drug-likeness (QED) is 0.640. The van der Waals surface area contributed by atoms with Gasteiger partial charge >= 0.3 is 0 Å². The van der Waals surface area contributed by atoms with Crippen LogP contribution in [0.4, 0.5) is 0 Å². The number of halogens is 2. The standard InChI is InChI=1S/C8H4ClIS/c9-5-1-2-6-7(10)4-11-8(6)3-5/h1-4H. The van der Waals surface area contributed by atoms with E-state index in [4.69, 9.17) is 11.6 Å². The maximum absolute atomic E-state index is 5.83. The molecule has 0 aliphatic heterocycles. The van der Waals surface area contributed by atoms with Crippen molar-refractivity contribution in [1.29, 1.82) is 0 Å². The summed E-state index contributed by atoms with van der Waals surface area (Å²) < 4.78 is 2.57. The molecule has 0 atom stereocenters. The smallest absolute Gasteiger partial charge is 0.0420 e. The highest BCUT2D eigenvalue weighted by molar-refractivity contribution is 14.1. The Morgan fingerprint density at radius 1 is 1.36 bits per heavy atom. The molecular formula is C8H4ClIS. The molecule has 1 aromatic carbocycles. The minimum absolute atomic E-state index is 0.816. The Hall–Kier alpha value is 0.200. The first-order valence-electron chi connectivity index (χ1n) is 3.09. The Balaban J connectivity index is 2.86. The van der Waals surface area contributed by atoms with Crippen LogP contribution in [0.25, 0.3) is 10.1 Å². The summed E-state index contributed by atoms with van der Waals surface area (Å²) in [6.45, 7) is 0. The lowest BCUT2D eigenvalue weighted by Crippen LogP contribution is -1.65. The summed E-state index contributed by atoms with van der Waals surface area (Å²) in [7, 11) is 0. The first-order chi connectivity index (χ1) is 5.27. The first-order valence-corrected chi connectivity index (χ1v) is 5.43. The van der Waals surface area contributed by atoms with E-state index in [9.17, 15) is 0 Å². The van der Waals surface area contributed by atoms with Gasteiger partial charge in [-0.05, 0) is 34.7 Å². The molecule has 0 fully saturated rings. The van der Waals surface area contributed by atoms with Crippen molar-refractivity contribution in [3.63, 3.8) is 0 Å². The van der Waals surface area contributed by atoms with E-state index in [1.165, 1.54) is 13.7 Å². The second-order valence-electron chi connectivity index (χ2n) is 2.22. The van der Waals surface area contributed by atoms with Crippen LogP contribution in [-0.4, -0.2) is 0 Å². The predicted octanol–water partition coefficient (Wildman–Crippen LogP) is 4.16. The van der Waals surface area contributed by atoms with Crippen LogP contribution < -0.4 is 0 Å². The molecule has 56 valence electrons. The van der Waals surface area contributed by atoms with Crippen molar-refractivity contribution in [3.8, 4) is 0 Å². The van der Waals surface area contributed by atoms with E-state index in [0.29, 0.717) is 0 Å². The molecule has 0 saturated heterocycles. The van der Waals surface area contributed by atoms with Gasteiger partial charge in [-0.1, -0.05) is 17.7 Å². The van der Waals surface area contributed by atoms with Crippen molar-refractivity contribution in [2.75, 3.05) is 0 Å². The molecule has 1 aromatic heterocycles. The third kappa shape index (κ3) is 1.39. The zero-order valence-corrected chi connectivity index (χ0v) is 9.20. The molecule has 0 spiro atoms. The molecular weight excluding hydrogens is 291 g/mol. The normalized spacial score (nSPS) is 10.7. The van der Waals surface area contributed by atoms with Crippen LogP contribution in [0.15, 0.2) is 23.6 Å². The minimum atomic E-state index is 0.816. The van der Waals surface area contributed by atoms with Gasteiger partial charge in [-0.2, -0.15) is 0 Å². The molecule has 2 aromatic rings. The van der Waals surface area contributed by atoms with Crippen LogP contribution in [-0.2, 0) is 0 Å². The van der Waals surface area contributed by atoms with E-state index in [2.05, 4.69) is 34.0 Å². The summed E-state index contributed by atoms with van der Waals surface area (Å²) >= 11 is 9.90. The zero-order chi connectivity index (χ0) is 7.84. The zero-order valence-electron chi connectivity index (χ0n) is 5.47. The van der Waals surface area contributed by atoms with Crippen LogP contribution >= 0.6 is 45.5 Å². The second kappa shape index (κ2) is 2.92. The van der Waals surface area contributed by atoms with E-state index in [-0.39, 0.29) is 0 Å². The molecule has 0 amide bonds. The van der Waals surface area contributed by atoms with Crippen LogP contribution in [0.2, 0.25) is 5.02 Å². The highest BCUT2D eigenvalue weighted by Crippen LogP contribution is 2.29. The highest BCUT2D eigenvalue weighted by atomic mass is 127. The lowest BCUT2D eigenvalue weighted by molar-refractivity contribution is 1.83. The van der Waals surface area contributed by atoms with Gasteiger partial charge in [0.05, 0.1) is 0 Å². The Morgan fingerprint density at radius 2 is 2.18 bits per heavy atom. The van der Waals surface area contributed by atoms with Crippen molar-refractivity contribution in [2.45, 2.75) is 0 Å². The summed E-state index contributed by atoms with van der Waals surface area (Å²) in [5.41, 5.74) is 0. The van der Waals surface area contributed by atoms with Gasteiger partial charge in [0.15, 0.2) is 0 Å². The fourth-order valence-corrected chi connectivity index (χ4v) is 3.10. The van der Waals surface area contributed by atoms with Crippen molar-refractivity contribution in [3.05, 3.63) is 32.2 Å². The molecule has 0 bridgehead atoms. The number of fused-ring (bicyclic) bond motifs is 1. The second-order valence-corrected chi connectivity index (χ2v) is 4.73. The molecule has 0 radical (unpaired) electrons. The minimum Gasteiger partial charge on any atom is -0.143 e. The average Bonchev–Trinajstić information content (AvgIpc) is 2.32. The Kier molecular flexibility index (Phi) is 2.08. The summed E-state index contributed by atoms with van der Waals surface area (Å²) in [6, 6.07) is 6.00. The largest absolute Gasteiger partial charge is 0.143 e. The fraction of sp³-hybridized carbons (Fsp3) is 0. The summed E-state index contributed by atoms with van der Waals surface area (Å²) in [5.74, 6) is 0. The Labute approximate surface area is 87.3 Å². The van der Waals surface area contributed by atoms with E-state index in [1.807, 2.05) is 12.1 Å². The molecule has 11 heavy (non-hydrogen) atoms. The third-order valence-corrected chi connectivity index (χ3v) is 3.99. The van der Waals surface area contributed by atoms with Crippen molar-refractivity contribution in [2.24, 2.45) is 0 Å². The number of hydrogen-bond donors (Lipinski definition) is 0. The topological polar surface area (TPSA) is 0 Å². The number of rotatable bonds is 0. The van der Waals surface area contributed by atoms with Gasteiger partial charge in [-0.15, -0.1) is 11.3 Å².